The summed E-state index contributed by atoms with van der Waals surface area (Å²) in [5.41, 5.74) is -1.31. The van der Waals surface area contributed by atoms with Gasteiger partial charge in [0.1, 0.15) is 5.82 Å². The molecule has 1 aliphatic carbocycles. The van der Waals surface area contributed by atoms with Crippen LogP contribution in [0.15, 0.2) is 23.4 Å². The van der Waals surface area contributed by atoms with Crippen LogP contribution < -0.4 is 5.32 Å². The highest BCUT2D eigenvalue weighted by Crippen LogP contribution is 2.37. The van der Waals surface area contributed by atoms with E-state index in [0.29, 0.717) is 5.16 Å². The fourth-order valence-corrected chi connectivity index (χ4v) is 4.30. The number of nitrogens with zero attached hydrogens (tertiary/aromatic N) is 2. The van der Waals surface area contributed by atoms with E-state index < -0.39 is 22.9 Å². The molecule has 0 spiro atoms. The van der Waals surface area contributed by atoms with Crippen molar-refractivity contribution >= 4 is 35.0 Å². The van der Waals surface area contributed by atoms with Crippen molar-refractivity contribution in [1.82, 2.24) is 15.2 Å². The van der Waals surface area contributed by atoms with Crippen LogP contribution in [0, 0.1) is 5.92 Å². The lowest BCUT2D eigenvalue weighted by atomic mass is 10.0. The third kappa shape index (κ3) is 6.12. The van der Waals surface area contributed by atoms with Gasteiger partial charge in [0, 0.05) is 11.4 Å². The van der Waals surface area contributed by atoms with Crippen LogP contribution in [0.3, 0.4) is 0 Å². The summed E-state index contributed by atoms with van der Waals surface area (Å²) in [7, 11) is 0. The summed E-state index contributed by atoms with van der Waals surface area (Å²) in [5, 5.41) is 9.00. The Morgan fingerprint density at radius 3 is 2.79 bits per heavy atom. The number of aryl methyl sites for hydroxylation is 1. The van der Waals surface area contributed by atoms with Gasteiger partial charge in [-0.2, -0.15) is 13.2 Å². The van der Waals surface area contributed by atoms with Crippen LogP contribution in [0.5, 0.6) is 0 Å². The zero-order valence-corrected chi connectivity index (χ0v) is 17.4. The van der Waals surface area contributed by atoms with Crippen LogP contribution in [-0.2, 0) is 17.4 Å². The Hall–Kier alpha value is -1.74. The topological polar surface area (TPSA) is 70.7 Å². The minimum Gasteiger partial charge on any atom is -0.325 e. The quantitative estimate of drug-likeness (QED) is 0.533. The number of carbonyl (C=O) groups excluding carboxylic acids is 1. The normalized spacial score (nSPS) is 16.2. The number of rotatable bonds is 7. The molecular formula is C19H22ClF3N4OS. The van der Waals surface area contributed by atoms with Crippen LogP contribution in [0.2, 0.25) is 5.02 Å². The molecule has 3 rings (SSSR count). The Morgan fingerprint density at radius 2 is 2.10 bits per heavy atom. The van der Waals surface area contributed by atoms with Crippen molar-refractivity contribution < 1.29 is 18.0 Å². The largest absolute Gasteiger partial charge is 0.418 e. The lowest BCUT2D eigenvalue weighted by Gasteiger charge is -2.16. The number of carbonyl (C=O) groups is 1. The molecule has 1 aromatic heterocycles. The Kier molecular flexibility index (Phi) is 7.10. The first-order chi connectivity index (χ1) is 13.7. The average Bonchev–Trinajstić information content (AvgIpc) is 3.32. The summed E-state index contributed by atoms with van der Waals surface area (Å²) in [6.45, 7) is 1.59. The predicted molar refractivity (Wildman–Crippen MR) is 107 cm³/mol. The van der Waals surface area contributed by atoms with E-state index in [0.717, 1.165) is 48.5 Å². The summed E-state index contributed by atoms with van der Waals surface area (Å²) in [6.07, 6.45) is 2.35. The lowest BCUT2D eigenvalue weighted by molar-refractivity contribution is -0.137. The van der Waals surface area contributed by atoms with Gasteiger partial charge in [-0.1, -0.05) is 49.0 Å². The SMILES string of the molecule is CC(Sc1n[nH]c(CCC2CCCC2)n1)C(=O)Nc1ccc(Cl)cc1C(F)(F)F. The van der Waals surface area contributed by atoms with Crippen molar-refractivity contribution in [3.8, 4) is 0 Å². The molecule has 0 aliphatic heterocycles. The second-order valence-corrected chi connectivity index (χ2v) is 8.94. The lowest BCUT2D eigenvalue weighted by Crippen LogP contribution is -2.24. The van der Waals surface area contributed by atoms with E-state index in [1.165, 1.54) is 31.7 Å². The molecule has 2 N–H and O–H groups in total. The van der Waals surface area contributed by atoms with Crippen molar-refractivity contribution in [3.05, 3.63) is 34.6 Å². The Labute approximate surface area is 176 Å². The van der Waals surface area contributed by atoms with Gasteiger partial charge in [-0.05, 0) is 37.5 Å². The number of aromatic nitrogens is 3. The maximum atomic E-state index is 13.2. The van der Waals surface area contributed by atoms with E-state index in [1.54, 1.807) is 6.92 Å². The van der Waals surface area contributed by atoms with Gasteiger partial charge in [0.2, 0.25) is 11.1 Å². The Balaban J connectivity index is 1.57. The van der Waals surface area contributed by atoms with E-state index in [-0.39, 0.29) is 10.7 Å². The second-order valence-electron chi connectivity index (χ2n) is 7.19. The molecule has 1 fully saturated rings. The zero-order valence-electron chi connectivity index (χ0n) is 15.9. The summed E-state index contributed by atoms with van der Waals surface area (Å²) in [6, 6.07) is 3.24. The first kappa shape index (κ1) is 22.0. The number of H-pyrrole nitrogens is 1. The highest BCUT2D eigenvalue weighted by Gasteiger charge is 2.34. The highest BCUT2D eigenvalue weighted by atomic mass is 35.5. The third-order valence-electron chi connectivity index (χ3n) is 4.97. The fourth-order valence-electron chi connectivity index (χ4n) is 3.39. The Morgan fingerprint density at radius 1 is 1.38 bits per heavy atom. The van der Waals surface area contributed by atoms with Gasteiger partial charge < -0.3 is 5.32 Å². The van der Waals surface area contributed by atoms with Crippen molar-refractivity contribution in [2.45, 2.75) is 62.0 Å². The number of anilines is 1. The molecule has 1 heterocycles. The number of thioether (sulfide) groups is 1. The van der Waals surface area contributed by atoms with Crippen LogP contribution in [0.4, 0.5) is 18.9 Å². The Bertz CT molecular complexity index is 852. The fraction of sp³-hybridized carbons (Fsp3) is 0.526. The van der Waals surface area contributed by atoms with E-state index in [4.69, 9.17) is 11.6 Å². The molecule has 1 atom stereocenters. The highest BCUT2D eigenvalue weighted by molar-refractivity contribution is 8.00. The molecule has 1 unspecified atom stereocenters. The van der Waals surface area contributed by atoms with Gasteiger partial charge in [-0.25, -0.2) is 4.98 Å². The molecular weight excluding hydrogens is 425 g/mol. The van der Waals surface area contributed by atoms with Gasteiger partial charge in [-0.3, -0.25) is 9.89 Å². The zero-order chi connectivity index (χ0) is 21.0. The number of nitrogens with one attached hydrogen (secondary N) is 2. The van der Waals surface area contributed by atoms with E-state index in [1.807, 2.05) is 0 Å². The molecule has 158 valence electrons. The van der Waals surface area contributed by atoms with Gasteiger partial charge in [0.05, 0.1) is 16.5 Å². The number of alkyl halides is 3. The second kappa shape index (κ2) is 9.38. The predicted octanol–water partition coefficient (Wildman–Crippen LogP) is 5.72. The van der Waals surface area contributed by atoms with E-state index in [9.17, 15) is 18.0 Å². The summed E-state index contributed by atoms with van der Waals surface area (Å²) in [4.78, 5) is 16.8. The average molecular weight is 447 g/mol. The minimum absolute atomic E-state index is 0.0522. The van der Waals surface area contributed by atoms with Crippen molar-refractivity contribution in [2.75, 3.05) is 5.32 Å². The number of hydrogen-bond donors (Lipinski definition) is 2. The molecule has 5 nitrogen and oxygen atoms in total. The summed E-state index contributed by atoms with van der Waals surface area (Å²) in [5.74, 6) is 0.937. The first-order valence-corrected chi connectivity index (χ1v) is 10.7. The number of amides is 1. The van der Waals surface area contributed by atoms with E-state index >= 15 is 0 Å². The molecule has 10 heteroatoms. The molecule has 29 heavy (non-hydrogen) atoms. The number of hydrogen-bond acceptors (Lipinski definition) is 4. The van der Waals surface area contributed by atoms with Crippen LogP contribution >= 0.6 is 23.4 Å². The van der Waals surface area contributed by atoms with Gasteiger partial charge in [-0.15, -0.1) is 5.10 Å². The molecule has 2 aromatic rings. The standard InChI is InChI=1S/C19H22ClF3N4OS/c1-11(17(28)24-15-8-7-13(20)10-14(15)19(21,22)23)29-18-25-16(26-27-18)9-6-12-4-2-3-5-12/h7-8,10-12H,2-6,9H2,1H3,(H,24,28)(H,25,26,27). The van der Waals surface area contributed by atoms with Crippen LogP contribution in [0.1, 0.15) is 50.4 Å². The van der Waals surface area contributed by atoms with Gasteiger partial charge >= 0.3 is 6.18 Å². The monoisotopic (exact) mass is 446 g/mol. The third-order valence-corrected chi connectivity index (χ3v) is 6.17. The number of aromatic amines is 1. The number of benzene rings is 1. The van der Waals surface area contributed by atoms with Crippen LogP contribution in [0.25, 0.3) is 0 Å². The maximum Gasteiger partial charge on any atom is 0.418 e. The molecule has 0 bridgehead atoms. The number of halogens is 4. The smallest absolute Gasteiger partial charge is 0.325 e. The summed E-state index contributed by atoms with van der Waals surface area (Å²) >= 11 is 6.76. The molecule has 1 aromatic carbocycles. The van der Waals surface area contributed by atoms with Crippen molar-refractivity contribution in [2.24, 2.45) is 5.92 Å². The molecule has 1 amide bonds. The first-order valence-electron chi connectivity index (χ1n) is 9.48. The van der Waals surface area contributed by atoms with Gasteiger partial charge in [0.25, 0.3) is 0 Å². The minimum atomic E-state index is -4.62. The van der Waals surface area contributed by atoms with Gasteiger partial charge in [0.15, 0.2) is 0 Å². The van der Waals surface area contributed by atoms with Crippen molar-refractivity contribution in [1.29, 1.82) is 0 Å². The van der Waals surface area contributed by atoms with Crippen LogP contribution in [-0.4, -0.2) is 26.3 Å². The summed E-state index contributed by atoms with van der Waals surface area (Å²) < 4.78 is 39.5. The molecule has 0 saturated heterocycles. The maximum absolute atomic E-state index is 13.2. The molecule has 1 saturated carbocycles. The molecule has 0 radical (unpaired) electrons. The molecule has 1 aliphatic rings. The van der Waals surface area contributed by atoms with E-state index in [2.05, 4.69) is 20.5 Å². The van der Waals surface area contributed by atoms with Crippen molar-refractivity contribution in [3.63, 3.8) is 0 Å².